The van der Waals surface area contributed by atoms with Crippen LogP contribution in [0.1, 0.15) is 44.7 Å². The van der Waals surface area contributed by atoms with Crippen molar-refractivity contribution in [3.05, 3.63) is 59.7 Å². The van der Waals surface area contributed by atoms with E-state index in [0.29, 0.717) is 6.54 Å². The number of amides is 2. The highest BCUT2D eigenvalue weighted by molar-refractivity contribution is 5.89. The second-order valence-electron chi connectivity index (χ2n) is 8.50. The number of rotatable bonds is 11. The lowest BCUT2D eigenvalue weighted by molar-refractivity contribution is 0.181. The summed E-state index contributed by atoms with van der Waals surface area (Å²) in [6, 6.07) is 16.5. The second-order valence-corrected chi connectivity index (χ2v) is 8.50. The zero-order chi connectivity index (χ0) is 22.8. The van der Waals surface area contributed by atoms with Crippen molar-refractivity contribution in [2.24, 2.45) is 0 Å². The van der Waals surface area contributed by atoms with E-state index in [0.717, 1.165) is 49.4 Å². The normalized spacial score (nSPS) is 12.0. The van der Waals surface area contributed by atoms with E-state index in [2.05, 4.69) is 60.2 Å². The Hall–Kier alpha value is -2.53. The molecule has 0 radical (unpaired) electrons. The number of anilines is 2. The number of hydrogen-bond acceptors (Lipinski definition) is 3. The van der Waals surface area contributed by atoms with Gasteiger partial charge in [-0.1, -0.05) is 43.7 Å². The van der Waals surface area contributed by atoms with Crippen LogP contribution in [0.5, 0.6) is 0 Å². The van der Waals surface area contributed by atoms with Crippen LogP contribution in [0.25, 0.3) is 0 Å². The predicted molar refractivity (Wildman–Crippen MR) is 133 cm³/mol. The number of aryl methyl sites for hydroxylation is 1. The highest BCUT2D eigenvalue weighted by Crippen LogP contribution is 2.18. The monoisotopic (exact) mass is 424 g/mol. The minimum Gasteiger partial charge on any atom is -0.378 e. The average molecular weight is 425 g/mol. The average Bonchev–Trinajstić information content (AvgIpc) is 2.76. The third-order valence-electron chi connectivity index (χ3n) is 5.89. The molecule has 0 aromatic heterocycles. The maximum Gasteiger partial charge on any atom is 0.322 e. The van der Waals surface area contributed by atoms with Crippen LogP contribution in [0.3, 0.4) is 0 Å². The summed E-state index contributed by atoms with van der Waals surface area (Å²) < 4.78 is 0. The van der Waals surface area contributed by atoms with E-state index in [1.165, 1.54) is 5.56 Å². The predicted octanol–water partition coefficient (Wildman–Crippen LogP) is 5.61. The molecule has 31 heavy (non-hydrogen) atoms. The van der Waals surface area contributed by atoms with E-state index in [9.17, 15) is 4.79 Å². The number of carbonyl (C=O) groups excluding carboxylic acids is 1. The lowest BCUT2D eigenvalue weighted by atomic mass is 10.1. The fourth-order valence-corrected chi connectivity index (χ4v) is 3.66. The number of carbonyl (C=O) groups is 1. The molecule has 0 aliphatic heterocycles. The van der Waals surface area contributed by atoms with Gasteiger partial charge >= 0.3 is 6.03 Å². The number of nitrogens with zero attached hydrogens (tertiary/aromatic N) is 3. The van der Waals surface area contributed by atoms with Gasteiger partial charge in [-0.05, 0) is 76.2 Å². The van der Waals surface area contributed by atoms with Crippen LogP contribution in [-0.4, -0.2) is 55.6 Å². The first kappa shape index (κ1) is 24.7. The fourth-order valence-electron chi connectivity index (χ4n) is 3.66. The summed E-state index contributed by atoms with van der Waals surface area (Å²) in [5, 5.41) is 3.09. The lowest BCUT2D eigenvalue weighted by Gasteiger charge is -2.30. The van der Waals surface area contributed by atoms with E-state index in [4.69, 9.17) is 0 Å². The van der Waals surface area contributed by atoms with Crippen molar-refractivity contribution in [2.75, 3.05) is 43.9 Å². The third-order valence-corrected chi connectivity index (χ3v) is 5.89. The van der Waals surface area contributed by atoms with Gasteiger partial charge in [-0.2, -0.15) is 0 Å². The van der Waals surface area contributed by atoms with E-state index in [1.807, 2.05) is 50.2 Å². The molecule has 2 amide bonds. The van der Waals surface area contributed by atoms with Gasteiger partial charge in [-0.3, -0.25) is 0 Å². The molecule has 2 aromatic carbocycles. The molecule has 0 saturated carbocycles. The van der Waals surface area contributed by atoms with Gasteiger partial charge in [0.1, 0.15) is 0 Å². The first-order chi connectivity index (χ1) is 14.8. The van der Waals surface area contributed by atoms with Gasteiger partial charge in [0, 0.05) is 38.1 Å². The standard InChI is InChI=1S/C26H40N4O/c1-7-29(8-2)19-9-10-22(4)30(20-23-13-17-25(18-14-23)28(5)6)26(31)27-24-15-11-21(3)12-16-24/h11-18,22H,7-10,19-20H2,1-6H3,(H,27,31). The summed E-state index contributed by atoms with van der Waals surface area (Å²) in [6.07, 6.45) is 2.06. The Labute approximate surface area is 189 Å². The zero-order valence-corrected chi connectivity index (χ0v) is 20.2. The highest BCUT2D eigenvalue weighted by Gasteiger charge is 2.21. The van der Waals surface area contributed by atoms with E-state index >= 15 is 0 Å². The fraction of sp³-hybridized carbons (Fsp3) is 0.500. The van der Waals surface area contributed by atoms with E-state index < -0.39 is 0 Å². The molecule has 1 atom stereocenters. The van der Waals surface area contributed by atoms with Gasteiger partial charge in [0.05, 0.1) is 0 Å². The maximum absolute atomic E-state index is 13.2. The van der Waals surface area contributed by atoms with Crippen molar-refractivity contribution in [3.63, 3.8) is 0 Å². The number of hydrogen-bond donors (Lipinski definition) is 1. The summed E-state index contributed by atoms with van der Waals surface area (Å²) in [7, 11) is 4.07. The topological polar surface area (TPSA) is 38.8 Å². The molecule has 0 aliphatic rings. The quantitative estimate of drug-likeness (QED) is 0.510. The van der Waals surface area contributed by atoms with E-state index in [-0.39, 0.29) is 12.1 Å². The summed E-state index contributed by atoms with van der Waals surface area (Å²) in [5.74, 6) is 0. The van der Waals surface area contributed by atoms with Crippen molar-refractivity contribution in [1.82, 2.24) is 9.80 Å². The molecule has 5 nitrogen and oxygen atoms in total. The van der Waals surface area contributed by atoms with Gasteiger partial charge in [0.15, 0.2) is 0 Å². The molecule has 0 heterocycles. The molecule has 5 heteroatoms. The first-order valence-electron chi connectivity index (χ1n) is 11.5. The van der Waals surface area contributed by atoms with Crippen LogP contribution in [-0.2, 0) is 6.54 Å². The molecule has 0 bridgehead atoms. The Morgan fingerprint density at radius 1 is 0.968 bits per heavy atom. The van der Waals surface area contributed by atoms with Crippen LogP contribution in [0.4, 0.5) is 16.2 Å². The summed E-state index contributed by atoms with van der Waals surface area (Å²) >= 11 is 0. The molecule has 2 aromatic rings. The number of urea groups is 1. The molecule has 0 spiro atoms. The van der Waals surface area contributed by atoms with Crippen LogP contribution in [0.15, 0.2) is 48.5 Å². The Balaban J connectivity index is 2.10. The summed E-state index contributed by atoms with van der Waals surface area (Å²) in [5.41, 5.74) is 4.31. The molecule has 0 aliphatic carbocycles. The van der Waals surface area contributed by atoms with Crippen LogP contribution < -0.4 is 10.2 Å². The molecule has 1 unspecified atom stereocenters. The first-order valence-corrected chi connectivity index (χ1v) is 11.5. The van der Waals surface area contributed by atoms with Gasteiger partial charge in [0.25, 0.3) is 0 Å². The minimum atomic E-state index is -0.0455. The molecule has 0 saturated heterocycles. The van der Waals surface area contributed by atoms with Crippen LogP contribution in [0, 0.1) is 6.92 Å². The van der Waals surface area contributed by atoms with Crippen molar-refractivity contribution in [2.45, 2.75) is 53.1 Å². The van der Waals surface area contributed by atoms with Crippen molar-refractivity contribution < 1.29 is 4.79 Å². The maximum atomic E-state index is 13.2. The SMILES string of the molecule is CCN(CC)CCCC(C)N(Cc1ccc(N(C)C)cc1)C(=O)Nc1ccc(C)cc1. The minimum absolute atomic E-state index is 0.0455. The van der Waals surface area contributed by atoms with Crippen molar-refractivity contribution >= 4 is 17.4 Å². The van der Waals surface area contributed by atoms with Crippen LogP contribution in [0.2, 0.25) is 0 Å². The molecule has 170 valence electrons. The van der Waals surface area contributed by atoms with Crippen molar-refractivity contribution in [3.8, 4) is 0 Å². The van der Waals surface area contributed by atoms with Crippen LogP contribution >= 0.6 is 0 Å². The van der Waals surface area contributed by atoms with Gasteiger partial charge in [-0.15, -0.1) is 0 Å². The molecule has 0 fully saturated rings. The highest BCUT2D eigenvalue weighted by atomic mass is 16.2. The summed E-state index contributed by atoms with van der Waals surface area (Å²) in [4.78, 5) is 19.7. The van der Waals surface area contributed by atoms with Gasteiger partial charge in [0.2, 0.25) is 0 Å². The van der Waals surface area contributed by atoms with Gasteiger partial charge in [-0.25, -0.2) is 4.79 Å². The second kappa shape index (κ2) is 12.4. The smallest absolute Gasteiger partial charge is 0.322 e. The molecular weight excluding hydrogens is 384 g/mol. The summed E-state index contributed by atoms with van der Waals surface area (Å²) in [6.45, 7) is 12.4. The lowest BCUT2D eigenvalue weighted by Crippen LogP contribution is -2.41. The number of benzene rings is 2. The van der Waals surface area contributed by atoms with E-state index in [1.54, 1.807) is 0 Å². The zero-order valence-electron chi connectivity index (χ0n) is 20.2. The Kier molecular flexibility index (Phi) is 9.86. The Bertz CT molecular complexity index is 782. The van der Waals surface area contributed by atoms with Crippen molar-refractivity contribution in [1.29, 1.82) is 0 Å². The molecular formula is C26H40N4O. The molecule has 2 rings (SSSR count). The van der Waals surface area contributed by atoms with Gasteiger partial charge < -0.3 is 20.0 Å². The largest absolute Gasteiger partial charge is 0.378 e. The Morgan fingerprint density at radius 2 is 1.58 bits per heavy atom. The number of nitrogens with one attached hydrogen (secondary N) is 1. The Morgan fingerprint density at radius 3 is 2.13 bits per heavy atom. The molecule has 1 N–H and O–H groups in total. The third kappa shape index (κ3) is 7.91.